The standard InChI is InChI=1S/C15H26N2O2S/c1-5-17(4)20(18,19)15-10-8-14(9-11-15)7-6-12-16-13(2)3/h8-11,13,16H,5-7,12H2,1-4H3. The molecule has 0 atom stereocenters. The summed E-state index contributed by atoms with van der Waals surface area (Å²) >= 11 is 0. The highest BCUT2D eigenvalue weighted by molar-refractivity contribution is 7.89. The molecule has 0 saturated carbocycles. The van der Waals surface area contributed by atoms with Gasteiger partial charge in [-0.05, 0) is 37.1 Å². The fourth-order valence-electron chi connectivity index (χ4n) is 1.86. The van der Waals surface area contributed by atoms with Gasteiger partial charge in [-0.3, -0.25) is 0 Å². The van der Waals surface area contributed by atoms with E-state index in [1.165, 1.54) is 9.87 Å². The number of benzene rings is 1. The fraction of sp³-hybridized carbons (Fsp3) is 0.600. The first kappa shape index (κ1) is 17.1. The van der Waals surface area contributed by atoms with Crippen LogP contribution < -0.4 is 5.32 Å². The van der Waals surface area contributed by atoms with Gasteiger partial charge in [-0.25, -0.2) is 12.7 Å². The molecule has 0 aliphatic carbocycles. The van der Waals surface area contributed by atoms with E-state index in [9.17, 15) is 8.42 Å². The van der Waals surface area contributed by atoms with Gasteiger partial charge in [-0.1, -0.05) is 32.9 Å². The van der Waals surface area contributed by atoms with Crippen molar-refractivity contribution in [1.29, 1.82) is 0 Å². The number of rotatable bonds is 8. The molecule has 0 unspecified atom stereocenters. The molecule has 114 valence electrons. The Kier molecular flexibility index (Phi) is 6.65. The van der Waals surface area contributed by atoms with Crippen molar-refractivity contribution in [3.8, 4) is 0 Å². The lowest BCUT2D eigenvalue weighted by atomic mass is 10.1. The summed E-state index contributed by atoms with van der Waals surface area (Å²) in [6.45, 7) is 7.54. The zero-order valence-corrected chi connectivity index (χ0v) is 13.7. The van der Waals surface area contributed by atoms with Gasteiger partial charge in [0.1, 0.15) is 0 Å². The highest BCUT2D eigenvalue weighted by atomic mass is 32.2. The van der Waals surface area contributed by atoms with Crippen LogP contribution in [0.4, 0.5) is 0 Å². The summed E-state index contributed by atoms with van der Waals surface area (Å²) in [7, 11) is -1.72. The molecular weight excluding hydrogens is 272 g/mol. The van der Waals surface area contributed by atoms with Gasteiger partial charge in [0.2, 0.25) is 10.0 Å². The predicted octanol–water partition coefficient (Wildman–Crippen LogP) is 2.26. The molecule has 0 aliphatic rings. The number of aryl methyl sites for hydroxylation is 1. The third-order valence-corrected chi connectivity index (χ3v) is 5.22. The maximum Gasteiger partial charge on any atom is 0.242 e. The molecule has 0 aromatic heterocycles. The number of nitrogens with zero attached hydrogens (tertiary/aromatic N) is 1. The first-order chi connectivity index (χ1) is 9.37. The second kappa shape index (κ2) is 7.76. The molecule has 4 nitrogen and oxygen atoms in total. The lowest BCUT2D eigenvalue weighted by Crippen LogP contribution is -2.26. The van der Waals surface area contributed by atoms with Crippen molar-refractivity contribution in [3.05, 3.63) is 29.8 Å². The van der Waals surface area contributed by atoms with Crippen molar-refractivity contribution >= 4 is 10.0 Å². The zero-order chi connectivity index (χ0) is 15.2. The molecule has 20 heavy (non-hydrogen) atoms. The first-order valence-corrected chi connectivity index (χ1v) is 8.60. The minimum atomic E-state index is -3.32. The summed E-state index contributed by atoms with van der Waals surface area (Å²) in [5, 5.41) is 3.37. The van der Waals surface area contributed by atoms with Crippen molar-refractivity contribution in [2.75, 3.05) is 20.1 Å². The van der Waals surface area contributed by atoms with Crippen LogP contribution in [-0.4, -0.2) is 38.9 Å². The zero-order valence-electron chi connectivity index (χ0n) is 12.9. The molecule has 0 fully saturated rings. The molecule has 1 rings (SSSR count). The Bertz CT molecular complexity index is 495. The molecule has 1 aromatic carbocycles. The van der Waals surface area contributed by atoms with E-state index in [2.05, 4.69) is 19.2 Å². The van der Waals surface area contributed by atoms with E-state index in [-0.39, 0.29) is 0 Å². The van der Waals surface area contributed by atoms with Gasteiger partial charge in [0, 0.05) is 19.6 Å². The number of nitrogens with one attached hydrogen (secondary N) is 1. The average Bonchev–Trinajstić information content (AvgIpc) is 2.43. The number of hydrogen-bond donors (Lipinski definition) is 1. The Morgan fingerprint density at radius 3 is 2.30 bits per heavy atom. The maximum absolute atomic E-state index is 12.1. The van der Waals surface area contributed by atoms with E-state index in [1.807, 2.05) is 19.1 Å². The lowest BCUT2D eigenvalue weighted by molar-refractivity contribution is 0.486. The van der Waals surface area contributed by atoms with Crippen molar-refractivity contribution < 1.29 is 8.42 Å². The summed E-state index contributed by atoms with van der Waals surface area (Å²) in [6, 6.07) is 7.73. The van der Waals surface area contributed by atoms with Gasteiger partial charge in [0.05, 0.1) is 4.90 Å². The second-order valence-electron chi connectivity index (χ2n) is 5.28. The molecule has 0 radical (unpaired) electrons. The van der Waals surface area contributed by atoms with Gasteiger partial charge in [-0.15, -0.1) is 0 Å². The summed E-state index contributed by atoms with van der Waals surface area (Å²) in [6.07, 6.45) is 2.02. The highest BCUT2D eigenvalue weighted by Gasteiger charge is 2.18. The van der Waals surface area contributed by atoms with E-state index in [4.69, 9.17) is 0 Å². The van der Waals surface area contributed by atoms with Crippen LogP contribution >= 0.6 is 0 Å². The Balaban J connectivity index is 2.61. The predicted molar refractivity (Wildman–Crippen MR) is 83.4 cm³/mol. The van der Waals surface area contributed by atoms with Gasteiger partial charge < -0.3 is 5.32 Å². The Labute approximate surface area is 123 Å². The van der Waals surface area contributed by atoms with Crippen molar-refractivity contribution in [2.45, 2.75) is 44.6 Å². The average molecular weight is 298 g/mol. The van der Waals surface area contributed by atoms with Gasteiger partial charge in [0.25, 0.3) is 0 Å². The second-order valence-corrected chi connectivity index (χ2v) is 7.32. The van der Waals surface area contributed by atoms with Crippen molar-refractivity contribution in [3.63, 3.8) is 0 Å². The van der Waals surface area contributed by atoms with Crippen LogP contribution in [0.2, 0.25) is 0 Å². The first-order valence-electron chi connectivity index (χ1n) is 7.16. The molecule has 1 aromatic rings. The van der Waals surface area contributed by atoms with Crippen LogP contribution in [0.15, 0.2) is 29.2 Å². The summed E-state index contributed by atoms with van der Waals surface area (Å²) in [5.74, 6) is 0. The van der Waals surface area contributed by atoms with E-state index in [1.54, 1.807) is 19.2 Å². The normalized spacial score (nSPS) is 12.3. The molecule has 0 heterocycles. The Hall–Kier alpha value is -0.910. The molecule has 0 aliphatic heterocycles. The summed E-state index contributed by atoms with van der Waals surface area (Å²) < 4.78 is 25.6. The van der Waals surface area contributed by atoms with Crippen LogP contribution in [0, 0.1) is 0 Å². The largest absolute Gasteiger partial charge is 0.315 e. The van der Waals surface area contributed by atoms with Gasteiger partial charge >= 0.3 is 0 Å². The molecule has 5 heteroatoms. The van der Waals surface area contributed by atoms with E-state index in [0.29, 0.717) is 17.5 Å². The fourth-order valence-corrected chi connectivity index (χ4v) is 3.04. The molecule has 0 amide bonds. The lowest BCUT2D eigenvalue weighted by Gasteiger charge is -2.15. The van der Waals surface area contributed by atoms with E-state index >= 15 is 0 Å². The Morgan fingerprint density at radius 1 is 1.20 bits per heavy atom. The smallest absolute Gasteiger partial charge is 0.242 e. The summed E-state index contributed by atoms with van der Waals surface area (Å²) in [4.78, 5) is 0.367. The summed E-state index contributed by atoms with van der Waals surface area (Å²) in [5.41, 5.74) is 1.17. The number of sulfonamides is 1. The van der Waals surface area contributed by atoms with Crippen LogP contribution in [-0.2, 0) is 16.4 Å². The molecule has 0 bridgehead atoms. The van der Waals surface area contributed by atoms with E-state index < -0.39 is 10.0 Å². The maximum atomic E-state index is 12.1. The number of hydrogen-bond acceptors (Lipinski definition) is 3. The van der Waals surface area contributed by atoms with Crippen LogP contribution in [0.3, 0.4) is 0 Å². The van der Waals surface area contributed by atoms with Gasteiger partial charge in [0.15, 0.2) is 0 Å². The monoisotopic (exact) mass is 298 g/mol. The third-order valence-electron chi connectivity index (χ3n) is 3.27. The Morgan fingerprint density at radius 2 is 1.80 bits per heavy atom. The van der Waals surface area contributed by atoms with Crippen molar-refractivity contribution in [1.82, 2.24) is 9.62 Å². The topological polar surface area (TPSA) is 49.4 Å². The molecular formula is C15H26N2O2S. The minimum Gasteiger partial charge on any atom is -0.315 e. The quantitative estimate of drug-likeness (QED) is 0.749. The van der Waals surface area contributed by atoms with Crippen LogP contribution in [0.1, 0.15) is 32.8 Å². The van der Waals surface area contributed by atoms with E-state index in [0.717, 1.165) is 19.4 Å². The molecule has 1 N–H and O–H groups in total. The van der Waals surface area contributed by atoms with Crippen LogP contribution in [0.25, 0.3) is 0 Å². The van der Waals surface area contributed by atoms with Crippen LogP contribution in [0.5, 0.6) is 0 Å². The SMILES string of the molecule is CCN(C)S(=O)(=O)c1ccc(CCCNC(C)C)cc1. The third kappa shape index (κ3) is 4.89. The molecule has 0 saturated heterocycles. The van der Waals surface area contributed by atoms with Crippen molar-refractivity contribution in [2.24, 2.45) is 0 Å². The van der Waals surface area contributed by atoms with Gasteiger partial charge in [-0.2, -0.15) is 0 Å². The molecule has 0 spiro atoms. The highest BCUT2D eigenvalue weighted by Crippen LogP contribution is 2.15. The minimum absolute atomic E-state index is 0.367.